The zero-order chi connectivity index (χ0) is 18.8. The van der Waals surface area contributed by atoms with Crippen LogP contribution in [0, 0.1) is 42.9 Å². The monoisotopic (exact) mass is 349 g/mol. The van der Waals surface area contributed by atoms with Crippen molar-refractivity contribution in [2.24, 2.45) is 0 Å². The number of benzene rings is 2. The van der Waals surface area contributed by atoms with Gasteiger partial charge in [-0.1, -0.05) is 6.07 Å². The Bertz CT molecular complexity index is 739. The molecule has 0 aliphatic carbocycles. The number of hydrogen-bond donors (Lipinski definition) is 4. The van der Waals surface area contributed by atoms with Gasteiger partial charge in [0.1, 0.15) is 0 Å². The van der Waals surface area contributed by atoms with Crippen molar-refractivity contribution >= 4 is 13.0 Å². The smallest absolute Gasteiger partial charge is 0.402 e. The molecule has 0 amide bonds. The zero-order valence-corrected chi connectivity index (χ0v) is 12.5. The molecule has 4 nitrogen and oxygen atoms in total. The molecule has 0 bridgehead atoms. The van der Waals surface area contributed by atoms with E-state index in [-0.39, 0.29) is 5.56 Å². The van der Waals surface area contributed by atoms with E-state index >= 15 is 0 Å². The van der Waals surface area contributed by atoms with Crippen molar-refractivity contribution < 1.29 is 37.0 Å². The van der Waals surface area contributed by atoms with Crippen molar-refractivity contribution in [2.45, 2.75) is 13.8 Å². The van der Waals surface area contributed by atoms with E-state index in [0.29, 0.717) is 16.8 Å². The maximum absolute atomic E-state index is 13.7. The minimum Gasteiger partial charge on any atom is -0.402 e. The summed E-state index contributed by atoms with van der Waals surface area (Å²) < 4.78 is 66.9. The molecule has 24 heavy (non-hydrogen) atoms. The van der Waals surface area contributed by atoms with E-state index in [1.54, 1.807) is 6.92 Å². The molecule has 0 spiro atoms. The summed E-state index contributed by atoms with van der Waals surface area (Å²) in [6.07, 6.45) is 0. The summed E-state index contributed by atoms with van der Waals surface area (Å²) in [5.74, 6) is -9.81. The summed E-state index contributed by atoms with van der Waals surface area (Å²) in [4.78, 5) is 0. The SMILES string of the molecule is Cc1c(N)ccc(-c2c(F)c(F)c(F)c(F)c2F)c1C.OB(O)O. The first-order valence-corrected chi connectivity index (χ1v) is 6.42. The Labute approximate surface area is 134 Å². The summed E-state index contributed by atoms with van der Waals surface area (Å²) in [5.41, 5.74) is 5.86. The fraction of sp³-hybridized carbons (Fsp3) is 0.143. The van der Waals surface area contributed by atoms with Crippen molar-refractivity contribution in [3.8, 4) is 11.1 Å². The van der Waals surface area contributed by atoms with E-state index in [9.17, 15) is 22.0 Å². The molecule has 0 unspecified atom stereocenters. The summed E-state index contributed by atoms with van der Waals surface area (Å²) in [5, 5.41) is 21.5. The molecule has 0 heterocycles. The van der Waals surface area contributed by atoms with Gasteiger partial charge in [-0.25, -0.2) is 22.0 Å². The van der Waals surface area contributed by atoms with E-state index < -0.39 is 42.0 Å². The molecule has 0 aromatic heterocycles. The van der Waals surface area contributed by atoms with Gasteiger partial charge >= 0.3 is 7.32 Å². The highest BCUT2D eigenvalue weighted by molar-refractivity contribution is 6.30. The van der Waals surface area contributed by atoms with Crippen LogP contribution in [0.2, 0.25) is 0 Å². The zero-order valence-electron chi connectivity index (χ0n) is 12.5. The molecule has 10 heteroatoms. The first-order valence-electron chi connectivity index (χ1n) is 6.42. The molecule has 2 rings (SSSR count). The number of nitrogens with two attached hydrogens (primary N) is 1. The first kappa shape index (κ1) is 19.9. The molecular weight excluding hydrogens is 336 g/mol. The molecule has 0 fully saturated rings. The molecule has 5 N–H and O–H groups in total. The first-order chi connectivity index (χ1) is 11.0. The summed E-state index contributed by atoms with van der Waals surface area (Å²) in [6.45, 7) is 3.10. The van der Waals surface area contributed by atoms with E-state index in [4.69, 9.17) is 20.8 Å². The lowest BCUT2D eigenvalue weighted by molar-refractivity contribution is 0.278. The average molecular weight is 349 g/mol. The molecule has 0 saturated heterocycles. The Morgan fingerprint density at radius 3 is 1.54 bits per heavy atom. The van der Waals surface area contributed by atoms with Crippen LogP contribution >= 0.6 is 0 Å². The van der Waals surface area contributed by atoms with Crippen LogP contribution in [0.25, 0.3) is 11.1 Å². The Hall–Kier alpha value is -2.17. The van der Waals surface area contributed by atoms with Crippen LogP contribution in [0.3, 0.4) is 0 Å². The number of hydrogen-bond acceptors (Lipinski definition) is 4. The molecule has 2 aromatic rings. The minimum absolute atomic E-state index is 0.0792. The van der Waals surface area contributed by atoms with Crippen LogP contribution < -0.4 is 5.73 Å². The third-order valence-corrected chi connectivity index (χ3v) is 3.31. The summed E-state index contributed by atoms with van der Waals surface area (Å²) in [6, 6.07) is 2.59. The van der Waals surface area contributed by atoms with Crippen molar-refractivity contribution in [1.29, 1.82) is 0 Å². The highest BCUT2D eigenvalue weighted by Crippen LogP contribution is 2.35. The second-order valence-electron chi connectivity index (χ2n) is 4.74. The van der Waals surface area contributed by atoms with Crippen molar-refractivity contribution in [3.63, 3.8) is 0 Å². The van der Waals surface area contributed by atoms with Crippen LogP contribution in [-0.4, -0.2) is 22.4 Å². The fourth-order valence-electron chi connectivity index (χ4n) is 1.95. The standard InChI is InChI=1S/C14H10F5N.BH3O3/c1-5-6(2)8(20)4-3-7(5)9-10(15)12(17)14(19)13(18)11(9)16;2-1(3)4/h3-4H,20H2,1-2H3;2-4H. The van der Waals surface area contributed by atoms with E-state index in [0.717, 1.165) is 0 Å². The van der Waals surface area contributed by atoms with Crippen LogP contribution in [0.15, 0.2) is 12.1 Å². The van der Waals surface area contributed by atoms with Gasteiger partial charge in [-0.3, -0.25) is 0 Å². The topological polar surface area (TPSA) is 86.7 Å². The van der Waals surface area contributed by atoms with E-state index in [1.165, 1.54) is 19.1 Å². The molecule has 0 aliphatic heterocycles. The van der Waals surface area contributed by atoms with Gasteiger partial charge in [0.2, 0.25) is 5.82 Å². The number of anilines is 1. The third kappa shape index (κ3) is 3.83. The second-order valence-corrected chi connectivity index (χ2v) is 4.74. The van der Waals surface area contributed by atoms with Gasteiger partial charge in [0.25, 0.3) is 0 Å². The van der Waals surface area contributed by atoms with Gasteiger partial charge in [-0.05, 0) is 36.6 Å². The van der Waals surface area contributed by atoms with Crippen molar-refractivity contribution in [2.75, 3.05) is 5.73 Å². The van der Waals surface area contributed by atoms with Gasteiger partial charge in [0, 0.05) is 5.69 Å². The Morgan fingerprint density at radius 2 is 1.12 bits per heavy atom. The number of nitrogen functional groups attached to an aromatic ring is 1. The molecule has 0 aliphatic rings. The Morgan fingerprint density at radius 1 is 0.750 bits per heavy atom. The van der Waals surface area contributed by atoms with Crippen LogP contribution in [0.1, 0.15) is 11.1 Å². The normalized spacial score (nSPS) is 10.2. The lowest BCUT2D eigenvalue weighted by Crippen LogP contribution is -2.07. The quantitative estimate of drug-likeness (QED) is 0.209. The summed E-state index contributed by atoms with van der Waals surface area (Å²) >= 11 is 0. The van der Waals surface area contributed by atoms with Crippen molar-refractivity contribution in [1.82, 2.24) is 0 Å². The second kappa shape index (κ2) is 7.60. The summed E-state index contributed by atoms with van der Waals surface area (Å²) in [7, 11) is -2.17. The fourth-order valence-corrected chi connectivity index (χ4v) is 1.95. The Balaban J connectivity index is 0.000000648. The van der Waals surface area contributed by atoms with Gasteiger partial charge in [0.15, 0.2) is 23.3 Å². The van der Waals surface area contributed by atoms with Gasteiger partial charge in [0.05, 0.1) is 5.56 Å². The highest BCUT2D eigenvalue weighted by Gasteiger charge is 2.27. The predicted molar refractivity (Wildman–Crippen MR) is 78.0 cm³/mol. The third-order valence-electron chi connectivity index (χ3n) is 3.31. The molecular formula is C14H13BF5NO3. The maximum Gasteiger partial charge on any atom is 0.631 e. The van der Waals surface area contributed by atoms with Gasteiger partial charge in [-0.2, -0.15) is 0 Å². The number of rotatable bonds is 1. The minimum atomic E-state index is -2.17. The van der Waals surface area contributed by atoms with Crippen LogP contribution in [0.4, 0.5) is 27.6 Å². The van der Waals surface area contributed by atoms with Crippen molar-refractivity contribution in [3.05, 3.63) is 52.3 Å². The number of halogens is 5. The predicted octanol–water partition coefficient (Wildman–Crippen LogP) is 2.20. The molecule has 2 aromatic carbocycles. The molecule has 0 atom stereocenters. The molecule has 0 radical (unpaired) electrons. The lowest BCUT2D eigenvalue weighted by Gasteiger charge is -2.14. The average Bonchev–Trinajstić information content (AvgIpc) is 2.50. The van der Waals surface area contributed by atoms with E-state index in [1.807, 2.05) is 0 Å². The largest absolute Gasteiger partial charge is 0.631 e. The maximum atomic E-state index is 13.7. The molecule has 130 valence electrons. The van der Waals surface area contributed by atoms with Crippen LogP contribution in [-0.2, 0) is 0 Å². The van der Waals surface area contributed by atoms with Gasteiger partial charge < -0.3 is 20.8 Å². The highest BCUT2D eigenvalue weighted by atomic mass is 19.2. The lowest BCUT2D eigenvalue weighted by atomic mass is 9.95. The Kier molecular flexibility index (Phi) is 6.30. The van der Waals surface area contributed by atoms with Gasteiger partial charge in [-0.15, -0.1) is 0 Å². The van der Waals surface area contributed by atoms with E-state index in [2.05, 4.69) is 0 Å². The van der Waals surface area contributed by atoms with Crippen LogP contribution in [0.5, 0.6) is 0 Å². The molecule has 0 saturated carbocycles.